The number of methoxy groups -OCH3 is 1. The SMILES string of the molecule is COC(=O)CCCCCC[C@H]1C(=O)C[C@@H](O)[C@@H]1OCC(O)COc1ccccc1. The summed E-state index contributed by atoms with van der Waals surface area (Å²) in [6.45, 7) is 0.0725. The number of hydrogen-bond donors (Lipinski definition) is 2. The van der Waals surface area contributed by atoms with E-state index < -0.39 is 18.3 Å². The number of aliphatic hydroxyl groups excluding tert-OH is 2. The molecular weight excluding hydrogens is 376 g/mol. The van der Waals surface area contributed by atoms with E-state index in [1.165, 1.54) is 7.11 Å². The van der Waals surface area contributed by atoms with E-state index in [1.54, 1.807) is 12.1 Å². The first-order valence-corrected chi connectivity index (χ1v) is 10.3. The number of rotatable bonds is 13. The van der Waals surface area contributed by atoms with Crippen LogP contribution in [0.5, 0.6) is 5.75 Å². The van der Waals surface area contributed by atoms with Crippen LogP contribution in [0.15, 0.2) is 30.3 Å². The van der Waals surface area contributed by atoms with Gasteiger partial charge in [0.05, 0.1) is 25.9 Å². The zero-order chi connectivity index (χ0) is 21.1. The number of para-hydroxylation sites is 1. The zero-order valence-corrected chi connectivity index (χ0v) is 17.0. The van der Waals surface area contributed by atoms with E-state index in [0.717, 1.165) is 25.7 Å². The molecule has 0 bridgehead atoms. The maximum absolute atomic E-state index is 12.2. The average molecular weight is 408 g/mol. The molecule has 1 unspecified atom stereocenters. The summed E-state index contributed by atoms with van der Waals surface area (Å²) in [5, 5.41) is 20.3. The largest absolute Gasteiger partial charge is 0.491 e. The average Bonchev–Trinajstić information content (AvgIpc) is 3.00. The van der Waals surface area contributed by atoms with Crippen LogP contribution in [0, 0.1) is 5.92 Å². The summed E-state index contributed by atoms with van der Waals surface area (Å²) in [5.74, 6) is 0.106. The number of unbranched alkanes of at least 4 members (excludes halogenated alkanes) is 3. The zero-order valence-electron chi connectivity index (χ0n) is 17.0. The van der Waals surface area contributed by atoms with Gasteiger partial charge in [0.25, 0.3) is 0 Å². The fraction of sp³-hybridized carbons (Fsp3) is 0.636. The number of aliphatic hydroxyl groups is 2. The molecule has 0 aromatic heterocycles. The lowest BCUT2D eigenvalue weighted by Gasteiger charge is -2.23. The third kappa shape index (κ3) is 8.12. The number of carbonyl (C=O) groups excluding carboxylic acids is 2. The molecule has 1 aliphatic carbocycles. The predicted molar refractivity (Wildman–Crippen MR) is 107 cm³/mol. The fourth-order valence-electron chi connectivity index (χ4n) is 3.55. The standard InChI is InChI=1S/C22H32O7/c1-27-21(26)12-8-3-2-7-11-18-19(24)13-20(25)22(18)29-15-16(23)14-28-17-9-5-4-6-10-17/h4-6,9-10,16,18,20,22-23,25H,2-3,7-8,11-15H2,1H3/t16?,18-,20+,22+/m0/s1. The lowest BCUT2D eigenvalue weighted by Crippen LogP contribution is -2.34. The summed E-state index contributed by atoms with van der Waals surface area (Å²) < 4.78 is 15.8. The molecule has 0 saturated heterocycles. The van der Waals surface area contributed by atoms with E-state index in [0.29, 0.717) is 18.6 Å². The molecule has 0 spiro atoms. The number of Topliss-reactive ketones (excluding diaryl/α,β-unsaturated/α-hetero) is 1. The van der Waals surface area contributed by atoms with Crippen LogP contribution >= 0.6 is 0 Å². The van der Waals surface area contributed by atoms with Gasteiger partial charge in [0.15, 0.2) is 0 Å². The van der Waals surface area contributed by atoms with Gasteiger partial charge in [0.2, 0.25) is 0 Å². The van der Waals surface area contributed by atoms with Gasteiger partial charge >= 0.3 is 5.97 Å². The van der Waals surface area contributed by atoms with Crippen LogP contribution in [0.25, 0.3) is 0 Å². The third-order valence-corrected chi connectivity index (χ3v) is 5.14. The summed E-state index contributed by atoms with van der Waals surface area (Å²) in [4.78, 5) is 23.3. The summed E-state index contributed by atoms with van der Waals surface area (Å²) >= 11 is 0. The second kappa shape index (κ2) is 12.6. The van der Waals surface area contributed by atoms with Crippen LogP contribution < -0.4 is 4.74 Å². The molecule has 0 amide bonds. The van der Waals surface area contributed by atoms with Gasteiger partial charge in [-0.3, -0.25) is 9.59 Å². The summed E-state index contributed by atoms with van der Waals surface area (Å²) in [7, 11) is 1.38. The number of esters is 1. The van der Waals surface area contributed by atoms with Gasteiger partial charge in [-0.2, -0.15) is 0 Å². The Morgan fingerprint density at radius 2 is 1.86 bits per heavy atom. The summed E-state index contributed by atoms with van der Waals surface area (Å²) in [6, 6.07) is 9.17. The van der Waals surface area contributed by atoms with Gasteiger partial charge < -0.3 is 24.4 Å². The molecule has 162 valence electrons. The predicted octanol–water partition coefficient (Wildman–Crippen LogP) is 2.27. The van der Waals surface area contributed by atoms with Crippen LogP contribution in [-0.2, 0) is 19.1 Å². The van der Waals surface area contributed by atoms with Crippen molar-refractivity contribution in [3.63, 3.8) is 0 Å². The monoisotopic (exact) mass is 408 g/mol. The molecule has 1 aromatic rings. The Balaban J connectivity index is 1.68. The number of ketones is 1. The van der Waals surface area contributed by atoms with Crippen molar-refractivity contribution in [2.75, 3.05) is 20.3 Å². The molecule has 0 aliphatic heterocycles. The Morgan fingerprint density at radius 3 is 2.59 bits per heavy atom. The molecule has 29 heavy (non-hydrogen) atoms. The van der Waals surface area contributed by atoms with Crippen LogP contribution in [0.1, 0.15) is 44.9 Å². The van der Waals surface area contributed by atoms with Gasteiger partial charge in [0, 0.05) is 18.8 Å². The maximum atomic E-state index is 12.2. The number of ether oxygens (including phenoxy) is 3. The first-order chi connectivity index (χ1) is 14.0. The number of hydrogen-bond acceptors (Lipinski definition) is 7. The van der Waals surface area contributed by atoms with Crippen molar-refractivity contribution in [2.45, 2.75) is 63.3 Å². The lowest BCUT2D eigenvalue weighted by molar-refractivity contribution is -0.140. The molecule has 0 heterocycles. The second-order valence-corrected chi connectivity index (χ2v) is 7.45. The van der Waals surface area contributed by atoms with Crippen molar-refractivity contribution in [1.29, 1.82) is 0 Å². The quantitative estimate of drug-likeness (QED) is 0.381. The molecule has 1 saturated carbocycles. The molecule has 2 N–H and O–H groups in total. The Morgan fingerprint density at radius 1 is 1.14 bits per heavy atom. The first kappa shape index (κ1) is 23.3. The van der Waals surface area contributed by atoms with E-state index in [4.69, 9.17) is 9.47 Å². The van der Waals surface area contributed by atoms with Crippen molar-refractivity contribution in [3.8, 4) is 5.75 Å². The molecule has 1 aliphatic rings. The van der Waals surface area contributed by atoms with E-state index in [1.807, 2.05) is 18.2 Å². The van der Waals surface area contributed by atoms with Crippen LogP contribution in [0.4, 0.5) is 0 Å². The second-order valence-electron chi connectivity index (χ2n) is 7.45. The Labute approximate surface area is 172 Å². The molecule has 1 aromatic carbocycles. The molecule has 1 fully saturated rings. The van der Waals surface area contributed by atoms with Crippen molar-refractivity contribution < 1.29 is 34.0 Å². The molecular formula is C22H32O7. The fourth-order valence-corrected chi connectivity index (χ4v) is 3.55. The maximum Gasteiger partial charge on any atom is 0.305 e. The molecule has 7 heteroatoms. The molecule has 0 radical (unpaired) electrons. The molecule has 7 nitrogen and oxygen atoms in total. The Bertz CT molecular complexity index is 619. The van der Waals surface area contributed by atoms with Crippen molar-refractivity contribution >= 4 is 11.8 Å². The number of benzene rings is 1. The third-order valence-electron chi connectivity index (χ3n) is 5.14. The van der Waals surface area contributed by atoms with Crippen LogP contribution in [0.3, 0.4) is 0 Å². The highest BCUT2D eigenvalue weighted by atomic mass is 16.5. The number of carbonyl (C=O) groups is 2. The minimum absolute atomic E-state index is 0.00251. The van der Waals surface area contributed by atoms with E-state index in [-0.39, 0.29) is 37.3 Å². The van der Waals surface area contributed by atoms with Gasteiger partial charge in [-0.25, -0.2) is 0 Å². The highest BCUT2D eigenvalue weighted by molar-refractivity contribution is 5.84. The molecule has 2 rings (SSSR count). The van der Waals surface area contributed by atoms with Gasteiger partial charge in [-0.1, -0.05) is 37.5 Å². The van der Waals surface area contributed by atoms with Gasteiger partial charge in [0.1, 0.15) is 24.2 Å². The summed E-state index contributed by atoms with van der Waals surface area (Å²) in [5.41, 5.74) is 0. The Hall–Kier alpha value is -1.96. The van der Waals surface area contributed by atoms with Gasteiger partial charge in [-0.05, 0) is 25.0 Å². The van der Waals surface area contributed by atoms with Crippen LogP contribution in [-0.4, -0.2) is 60.6 Å². The lowest BCUT2D eigenvalue weighted by atomic mass is 9.96. The minimum atomic E-state index is -0.850. The van der Waals surface area contributed by atoms with Crippen molar-refractivity contribution in [2.24, 2.45) is 5.92 Å². The topological polar surface area (TPSA) is 102 Å². The van der Waals surface area contributed by atoms with Gasteiger partial charge in [-0.15, -0.1) is 0 Å². The molecule has 4 atom stereocenters. The van der Waals surface area contributed by atoms with Crippen LogP contribution in [0.2, 0.25) is 0 Å². The Kier molecular flexibility index (Phi) is 10.1. The summed E-state index contributed by atoms with van der Waals surface area (Å²) in [6.07, 6.45) is 2.23. The van der Waals surface area contributed by atoms with Crippen molar-refractivity contribution in [3.05, 3.63) is 30.3 Å². The van der Waals surface area contributed by atoms with E-state index >= 15 is 0 Å². The van der Waals surface area contributed by atoms with E-state index in [9.17, 15) is 19.8 Å². The van der Waals surface area contributed by atoms with Crippen molar-refractivity contribution in [1.82, 2.24) is 0 Å². The smallest absolute Gasteiger partial charge is 0.305 e. The van der Waals surface area contributed by atoms with E-state index in [2.05, 4.69) is 4.74 Å². The normalized spacial score (nSPS) is 22.4. The minimum Gasteiger partial charge on any atom is -0.491 e. The first-order valence-electron chi connectivity index (χ1n) is 10.3. The highest BCUT2D eigenvalue weighted by Crippen LogP contribution is 2.30. The highest BCUT2D eigenvalue weighted by Gasteiger charge is 2.42.